The quantitative estimate of drug-likeness (QED) is 0.599. The number of aryl methyl sites for hydroxylation is 3. The molecule has 0 radical (unpaired) electrons. The molecular weight excluding hydrogens is 236 g/mol. The second kappa shape index (κ2) is 4.16. The molecule has 3 aromatic heterocycles. The molecule has 0 N–H and O–H groups in total. The topological polar surface area (TPSA) is 25.6 Å². The standard InChI is InChI=1S/C15H18N4/c1-11-7-5-8-13(18(11)3)15-16-14-12(19(15)4)9-6-10-17(14)2/h5-10H,1-4H3/q+2. The van der Waals surface area contributed by atoms with Crippen LogP contribution in [0.2, 0.25) is 0 Å². The van der Waals surface area contributed by atoms with Gasteiger partial charge in [0.05, 0.1) is 13.2 Å². The van der Waals surface area contributed by atoms with E-state index in [1.54, 1.807) is 0 Å². The van der Waals surface area contributed by atoms with Gasteiger partial charge in [-0.1, -0.05) is 0 Å². The Bertz CT molecular complexity index is 771. The molecule has 0 fully saturated rings. The predicted molar refractivity (Wildman–Crippen MR) is 73.2 cm³/mol. The molecule has 4 nitrogen and oxygen atoms in total. The van der Waals surface area contributed by atoms with Crippen LogP contribution in [0.4, 0.5) is 0 Å². The first-order chi connectivity index (χ1) is 9.09. The molecule has 0 amide bonds. The van der Waals surface area contributed by atoms with Crippen LogP contribution in [0.5, 0.6) is 0 Å². The average Bonchev–Trinajstić information content (AvgIpc) is 2.72. The summed E-state index contributed by atoms with van der Waals surface area (Å²) in [7, 11) is 6.16. The van der Waals surface area contributed by atoms with Gasteiger partial charge >= 0.3 is 11.5 Å². The maximum Gasteiger partial charge on any atom is 0.349 e. The number of fused-ring (bicyclic) bond motifs is 1. The second-order valence-corrected chi connectivity index (χ2v) is 4.93. The van der Waals surface area contributed by atoms with E-state index in [2.05, 4.69) is 59.0 Å². The lowest BCUT2D eigenvalue weighted by atomic mass is 10.3. The van der Waals surface area contributed by atoms with E-state index in [0.29, 0.717) is 0 Å². The molecule has 0 atom stereocenters. The number of hydrogen-bond donors (Lipinski definition) is 0. The lowest BCUT2D eigenvalue weighted by molar-refractivity contribution is -0.667. The van der Waals surface area contributed by atoms with Crippen molar-refractivity contribution in [2.75, 3.05) is 0 Å². The fourth-order valence-electron chi connectivity index (χ4n) is 2.42. The van der Waals surface area contributed by atoms with Crippen molar-refractivity contribution in [1.82, 2.24) is 9.55 Å². The van der Waals surface area contributed by atoms with Gasteiger partial charge in [0, 0.05) is 26.1 Å². The van der Waals surface area contributed by atoms with Crippen molar-refractivity contribution in [3.8, 4) is 11.5 Å². The van der Waals surface area contributed by atoms with Crippen LogP contribution in [0, 0.1) is 6.92 Å². The Labute approximate surface area is 112 Å². The fourth-order valence-corrected chi connectivity index (χ4v) is 2.42. The first-order valence-corrected chi connectivity index (χ1v) is 6.36. The summed E-state index contributed by atoms with van der Waals surface area (Å²) in [4.78, 5) is 4.79. The Morgan fingerprint density at radius 1 is 1.11 bits per heavy atom. The molecule has 0 aromatic carbocycles. The second-order valence-electron chi connectivity index (χ2n) is 4.93. The summed E-state index contributed by atoms with van der Waals surface area (Å²) in [5, 5.41) is 0. The monoisotopic (exact) mass is 254 g/mol. The van der Waals surface area contributed by atoms with Crippen LogP contribution in [0.25, 0.3) is 22.7 Å². The zero-order chi connectivity index (χ0) is 13.6. The van der Waals surface area contributed by atoms with Gasteiger partial charge in [-0.2, -0.15) is 4.57 Å². The minimum atomic E-state index is 0.989. The van der Waals surface area contributed by atoms with E-state index in [9.17, 15) is 0 Å². The van der Waals surface area contributed by atoms with E-state index >= 15 is 0 Å². The number of rotatable bonds is 1. The summed E-state index contributed by atoms with van der Waals surface area (Å²) < 4.78 is 6.36. The molecule has 0 aliphatic carbocycles. The lowest BCUT2D eigenvalue weighted by Crippen LogP contribution is -2.35. The fraction of sp³-hybridized carbons (Fsp3) is 0.267. The first-order valence-electron chi connectivity index (χ1n) is 6.36. The normalized spacial score (nSPS) is 11.2. The summed E-state index contributed by atoms with van der Waals surface area (Å²) in [6.07, 6.45) is 2.02. The van der Waals surface area contributed by atoms with Gasteiger partial charge in [-0.05, 0) is 23.2 Å². The molecule has 3 aromatic rings. The molecule has 0 unspecified atom stereocenters. The molecule has 3 heterocycles. The predicted octanol–water partition coefficient (Wildman–Crippen LogP) is 1.20. The van der Waals surface area contributed by atoms with E-state index in [1.165, 1.54) is 5.69 Å². The molecule has 0 bridgehead atoms. The molecule has 0 aliphatic heterocycles. The number of nitrogens with zero attached hydrogens (tertiary/aromatic N) is 4. The zero-order valence-corrected chi connectivity index (χ0v) is 11.8. The highest BCUT2D eigenvalue weighted by Crippen LogP contribution is 2.19. The zero-order valence-electron chi connectivity index (χ0n) is 11.8. The Balaban J connectivity index is 2.35. The van der Waals surface area contributed by atoms with Crippen LogP contribution in [0.15, 0.2) is 36.5 Å². The van der Waals surface area contributed by atoms with Crippen molar-refractivity contribution >= 4 is 11.2 Å². The number of hydrogen-bond acceptors (Lipinski definition) is 1. The van der Waals surface area contributed by atoms with Crippen LogP contribution in [0.3, 0.4) is 0 Å². The highest BCUT2D eigenvalue weighted by Gasteiger charge is 2.25. The minimum Gasteiger partial charge on any atom is -0.296 e. The van der Waals surface area contributed by atoms with E-state index in [4.69, 9.17) is 4.98 Å². The van der Waals surface area contributed by atoms with Crippen molar-refractivity contribution in [2.24, 2.45) is 21.1 Å². The van der Waals surface area contributed by atoms with Gasteiger partial charge < -0.3 is 0 Å². The first kappa shape index (κ1) is 11.8. The van der Waals surface area contributed by atoms with Crippen molar-refractivity contribution in [1.29, 1.82) is 0 Å². The van der Waals surface area contributed by atoms with Crippen LogP contribution in [-0.2, 0) is 21.1 Å². The van der Waals surface area contributed by atoms with Crippen LogP contribution in [-0.4, -0.2) is 9.55 Å². The smallest absolute Gasteiger partial charge is 0.296 e. The van der Waals surface area contributed by atoms with Gasteiger partial charge in [-0.25, -0.2) is 4.57 Å². The molecule has 0 spiro atoms. The summed E-state index contributed by atoms with van der Waals surface area (Å²) in [6.45, 7) is 2.10. The molecular formula is C15H18N4+2. The van der Waals surface area contributed by atoms with Crippen molar-refractivity contribution in [3.05, 3.63) is 42.2 Å². The Hall–Kier alpha value is -2.23. The van der Waals surface area contributed by atoms with Gasteiger partial charge in [0.1, 0.15) is 12.6 Å². The SMILES string of the molecule is Cc1cccc(-c2nc3c(ccc[n+]3C)n2C)[n+]1C. The van der Waals surface area contributed by atoms with Crippen molar-refractivity contribution in [2.45, 2.75) is 6.92 Å². The third kappa shape index (κ3) is 1.71. The van der Waals surface area contributed by atoms with Crippen LogP contribution >= 0.6 is 0 Å². The van der Waals surface area contributed by atoms with Gasteiger partial charge in [0.25, 0.3) is 5.69 Å². The minimum absolute atomic E-state index is 0.989. The maximum absolute atomic E-state index is 4.79. The number of imidazole rings is 1. The largest absolute Gasteiger partial charge is 0.349 e. The van der Waals surface area contributed by atoms with E-state index in [1.807, 2.05) is 19.3 Å². The Kier molecular flexibility index (Phi) is 2.59. The Morgan fingerprint density at radius 2 is 1.89 bits per heavy atom. The third-order valence-electron chi connectivity index (χ3n) is 3.73. The number of pyridine rings is 2. The van der Waals surface area contributed by atoms with Gasteiger partial charge in [0.2, 0.25) is 0 Å². The summed E-state index contributed by atoms with van der Waals surface area (Å²) in [5.41, 5.74) is 4.48. The number of aromatic nitrogens is 4. The molecule has 0 aliphatic rings. The molecule has 19 heavy (non-hydrogen) atoms. The average molecular weight is 254 g/mol. The molecule has 4 heteroatoms. The van der Waals surface area contributed by atoms with Crippen molar-refractivity contribution < 1.29 is 9.13 Å². The molecule has 0 saturated heterocycles. The summed E-state index contributed by atoms with van der Waals surface area (Å²) >= 11 is 0. The summed E-state index contributed by atoms with van der Waals surface area (Å²) in [6, 6.07) is 10.4. The third-order valence-corrected chi connectivity index (χ3v) is 3.73. The van der Waals surface area contributed by atoms with Crippen LogP contribution in [0.1, 0.15) is 5.69 Å². The maximum atomic E-state index is 4.79. The lowest BCUT2D eigenvalue weighted by Gasteiger charge is -1.99. The van der Waals surface area contributed by atoms with E-state index in [0.717, 1.165) is 22.7 Å². The van der Waals surface area contributed by atoms with Crippen molar-refractivity contribution in [3.63, 3.8) is 0 Å². The highest BCUT2D eigenvalue weighted by atomic mass is 15.1. The van der Waals surface area contributed by atoms with Crippen LogP contribution < -0.4 is 9.13 Å². The Morgan fingerprint density at radius 3 is 2.63 bits per heavy atom. The molecule has 3 rings (SSSR count). The molecule has 96 valence electrons. The van der Waals surface area contributed by atoms with Gasteiger partial charge in [-0.3, -0.25) is 4.57 Å². The van der Waals surface area contributed by atoms with Gasteiger partial charge in [-0.15, -0.1) is 0 Å². The summed E-state index contributed by atoms with van der Waals surface area (Å²) in [5.74, 6) is 0.989. The van der Waals surface area contributed by atoms with E-state index in [-0.39, 0.29) is 0 Å². The van der Waals surface area contributed by atoms with Gasteiger partial charge in [0.15, 0.2) is 5.69 Å². The molecule has 0 saturated carbocycles. The highest BCUT2D eigenvalue weighted by molar-refractivity contribution is 5.73. The van der Waals surface area contributed by atoms with E-state index < -0.39 is 0 Å².